The maximum Gasteiger partial charge on any atom is 0.307 e. The summed E-state index contributed by atoms with van der Waals surface area (Å²) < 4.78 is 5.49. The van der Waals surface area contributed by atoms with Crippen LogP contribution in [0, 0.1) is 13.8 Å². The van der Waals surface area contributed by atoms with E-state index in [2.05, 4.69) is 67.5 Å². The predicted octanol–water partition coefficient (Wildman–Crippen LogP) is 5.96. The van der Waals surface area contributed by atoms with Gasteiger partial charge in [-0.05, 0) is 71.7 Å². The molecular formula is C27H29NO3S. The number of benzene rings is 3. The van der Waals surface area contributed by atoms with Crippen LogP contribution in [0.25, 0.3) is 22.3 Å². The van der Waals surface area contributed by atoms with E-state index in [-0.39, 0.29) is 6.42 Å². The lowest BCUT2D eigenvalue weighted by Gasteiger charge is -2.36. The number of ether oxygens (including phenoxy) is 1. The molecule has 0 saturated carbocycles. The van der Waals surface area contributed by atoms with Gasteiger partial charge in [0.05, 0.1) is 13.5 Å². The molecule has 1 aliphatic heterocycles. The van der Waals surface area contributed by atoms with Gasteiger partial charge in [0, 0.05) is 30.1 Å². The van der Waals surface area contributed by atoms with Crippen molar-refractivity contribution in [3.8, 4) is 28.0 Å². The van der Waals surface area contributed by atoms with Gasteiger partial charge in [-0.2, -0.15) is 11.8 Å². The molecule has 0 radical (unpaired) electrons. The fourth-order valence-corrected chi connectivity index (χ4v) is 5.00. The van der Waals surface area contributed by atoms with Gasteiger partial charge in [0.1, 0.15) is 5.75 Å². The zero-order valence-electron chi connectivity index (χ0n) is 19.1. The van der Waals surface area contributed by atoms with E-state index in [0.717, 1.165) is 58.1 Å². The van der Waals surface area contributed by atoms with Crippen molar-refractivity contribution in [3.63, 3.8) is 0 Å². The van der Waals surface area contributed by atoms with Crippen molar-refractivity contribution in [2.24, 2.45) is 0 Å². The molecule has 0 bridgehead atoms. The summed E-state index contributed by atoms with van der Waals surface area (Å²) in [5.74, 6) is 1.06. The number of aryl methyl sites for hydroxylation is 1. The Bertz CT molecular complexity index is 1150. The van der Waals surface area contributed by atoms with E-state index in [0.29, 0.717) is 0 Å². The van der Waals surface area contributed by atoms with Crippen LogP contribution in [0.15, 0.2) is 48.5 Å². The molecule has 0 spiro atoms. The minimum absolute atomic E-state index is 0.00810. The van der Waals surface area contributed by atoms with Crippen molar-refractivity contribution in [3.05, 3.63) is 70.8 Å². The highest BCUT2D eigenvalue weighted by Crippen LogP contribution is 2.46. The summed E-state index contributed by atoms with van der Waals surface area (Å²) in [6.07, 6.45) is 2.12. The second kappa shape index (κ2) is 9.29. The lowest BCUT2D eigenvalue weighted by Crippen LogP contribution is -2.30. The number of fused-ring (bicyclic) bond motifs is 3. The Balaban J connectivity index is 1.99. The van der Waals surface area contributed by atoms with E-state index in [9.17, 15) is 9.90 Å². The Labute approximate surface area is 194 Å². The lowest BCUT2D eigenvalue weighted by atomic mass is 9.84. The molecule has 0 amide bonds. The monoisotopic (exact) mass is 447 g/mol. The molecule has 0 aliphatic carbocycles. The number of nitrogens with zero attached hydrogens (tertiary/aromatic N) is 1. The summed E-state index contributed by atoms with van der Waals surface area (Å²) >= 11 is 1.82. The van der Waals surface area contributed by atoms with Crippen LogP contribution in [0.4, 0.5) is 5.69 Å². The average molecular weight is 448 g/mol. The number of carboxylic acids is 1. The summed E-state index contributed by atoms with van der Waals surface area (Å²) in [5.41, 5.74) is 9.93. The first kappa shape index (κ1) is 22.3. The van der Waals surface area contributed by atoms with Crippen molar-refractivity contribution in [1.29, 1.82) is 0 Å². The number of carbonyl (C=O) groups is 1. The number of aliphatic carboxylic acids is 1. The van der Waals surface area contributed by atoms with Crippen LogP contribution < -0.4 is 9.64 Å². The standard InChI is InChI=1S/C27H29NO3S/c1-17-5-7-19(8-6-17)24-14-25-22-10-9-21(31-3)13-20(22)16-28(11-12-32-4)27(25)18(2)23(24)15-26(29)30/h5-10,13-14H,11-12,15-16H2,1-4H3,(H,29,30). The van der Waals surface area contributed by atoms with Gasteiger partial charge in [-0.15, -0.1) is 0 Å². The highest BCUT2D eigenvalue weighted by atomic mass is 32.2. The zero-order chi connectivity index (χ0) is 22.8. The molecule has 0 saturated heterocycles. The molecule has 3 aromatic carbocycles. The molecular weight excluding hydrogens is 418 g/mol. The van der Waals surface area contributed by atoms with Crippen molar-refractivity contribution in [2.45, 2.75) is 26.8 Å². The van der Waals surface area contributed by atoms with E-state index in [1.165, 1.54) is 16.7 Å². The Kier molecular flexibility index (Phi) is 6.47. The highest BCUT2D eigenvalue weighted by molar-refractivity contribution is 7.98. The predicted molar refractivity (Wildman–Crippen MR) is 134 cm³/mol. The van der Waals surface area contributed by atoms with Crippen LogP contribution in [0.1, 0.15) is 22.3 Å². The van der Waals surface area contributed by atoms with Crippen LogP contribution in [0.2, 0.25) is 0 Å². The normalized spacial score (nSPS) is 12.3. The minimum atomic E-state index is -0.807. The first-order valence-electron chi connectivity index (χ1n) is 10.8. The third-order valence-corrected chi connectivity index (χ3v) is 6.80. The Morgan fingerprint density at radius 2 is 1.81 bits per heavy atom. The SMILES string of the molecule is COc1ccc2c(c1)CN(CCSC)c1c-2cc(-c2ccc(C)cc2)c(CC(=O)O)c1C. The number of rotatable bonds is 7. The molecule has 0 unspecified atom stereocenters. The average Bonchev–Trinajstić information content (AvgIpc) is 2.78. The second-order valence-corrected chi connectivity index (χ2v) is 9.28. The Hall–Kier alpha value is -2.92. The van der Waals surface area contributed by atoms with Crippen molar-refractivity contribution in [2.75, 3.05) is 30.6 Å². The molecule has 0 atom stereocenters. The maximum atomic E-state index is 11.8. The Morgan fingerprint density at radius 3 is 2.47 bits per heavy atom. The van der Waals surface area contributed by atoms with E-state index < -0.39 is 5.97 Å². The summed E-state index contributed by atoms with van der Waals surface area (Å²) in [6.45, 7) is 5.84. The first-order valence-corrected chi connectivity index (χ1v) is 12.2. The molecule has 3 aromatic rings. The van der Waals surface area contributed by atoms with Crippen molar-refractivity contribution < 1.29 is 14.6 Å². The summed E-state index contributed by atoms with van der Waals surface area (Å²) in [7, 11) is 1.70. The molecule has 1 heterocycles. The first-order chi connectivity index (χ1) is 15.4. The highest BCUT2D eigenvalue weighted by Gasteiger charge is 2.28. The third-order valence-electron chi connectivity index (χ3n) is 6.21. The molecule has 0 aromatic heterocycles. The van der Waals surface area contributed by atoms with Gasteiger partial charge in [-0.25, -0.2) is 0 Å². The van der Waals surface area contributed by atoms with E-state index >= 15 is 0 Å². The molecule has 4 rings (SSSR count). The van der Waals surface area contributed by atoms with E-state index in [1.807, 2.05) is 17.8 Å². The third kappa shape index (κ3) is 4.22. The number of hydrogen-bond acceptors (Lipinski definition) is 4. The zero-order valence-corrected chi connectivity index (χ0v) is 19.9. The summed E-state index contributed by atoms with van der Waals surface area (Å²) in [4.78, 5) is 14.2. The number of thioether (sulfide) groups is 1. The van der Waals surface area contributed by atoms with Gasteiger partial charge in [-0.1, -0.05) is 35.9 Å². The van der Waals surface area contributed by atoms with Crippen LogP contribution in [-0.2, 0) is 17.8 Å². The maximum absolute atomic E-state index is 11.8. The lowest BCUT2D eigenvalue weighted by molar-refractivity contribution is -0.136. The number of hydrogen-bond donors (Lipinski definition) is 1. The number of methoxy groups -OCH3 is 1. The Morgan fingerprint density at radius 1 is 1.06 bits per heavy atom. The van der Waals surface area contributed by atoms with Crippen LogP contribution in [0.5, 0.6) is 5.75 Å². The number of carboxylic acid groups (broad SMARTS) is 1. The summed E-state index contributed by atoms with van der Waals surface area (Å²) in [6, 6.07) is 16.8. The molecule has 1 N–H and O–H groups in total. The van der Waals surface area contributed by atoms with E-state index in [1.54, 1.807) is 7.11 Å². The smallest absolute Gasteiger partial charge is 0.307 e. The van der Waals surface area contributed by atoms with E-state index in [4.69, 9.17) is 4.74 Å². The summed E-state index contributed by atoms with van der Waals surface area (Å²) in [5, 5.41) is 9.70. The van der Waals surface area contributed by atoms with Gasteiger partial charge in [0.15, 0.2) is 0 Å². The van der Waals surface area contributed by atoms with Gasteiger partial charge in [0.2, 0.25) is 0 Å². The second-order valence-electron chi connectivity index (χ2n) is 8.30. The van der Waals surface area contributed by atoms with Gasteiger partial charge in [-0.3, -0.25) is 4.79 Å². The fourth-order valence-electron chi connectivity index (χ4n) is 4.60. The molecule has 32 heavy (non-hydrogen) atoms. The van der Waals surface area contributed by atoms with Crippen LogP contribution in [-0.4, -0.2) is 36.7 Å². The van der Waals surface area contributed by atoms with Crippen molar-refractivity contribution >= 4 is 23.4 Å². The molecule has 166 valence electrons. The topological polar surface area (TPSA) is 49.8 Å². The van der Waals surface area contributed by atoms with Crippen LogP contribution in [0.3, 0.4) is 0 Å². The van der Waals surface area contributed by atoms with Gasteiger partial charge >= 0.3 is 5.97 Å². The van der Waals surface area contributed by atoms with Gasteiger partial charge in [0.25, 0.3) is 0 Å². The molecule has 5 heteroatoms. The molecule has 0 fully saturated rings. The fraction of sp³-hybridized carbons (Fsp3) is 0.296. The molecule has 4 nitrogen and oxygen atoms in total. The molecule has 1 aliphatic rings. The number of anilines is 1. The quantitative estimate of drug-likeness (QED) is 0.485. The van der Waals surface area contributed by atoms with Gasteiger partial charge < -0.3 is 14.7 Å². The van der Waals surface area contributed by atoms with Crippen LogP contribution >= 0.6 is 11.8 Å². The minimum Gasteiger partial charge on any atom is -0.497 e. The largest absolute Gasteiger partial charge is 0.497 e. The van der Waals surface area contributed by atoms with Crippen molar-refractivity contribution in [1.82, 2.24) is 0 Å².